The Hall–Kier alpha value is -2.34. The van der Waals surface area contributed by atoms with Crippen LogP contribution in [0.4, 0.5) is 4.39 Å². The second kappa shape index (κ2) is 4.89. The van der Waals surface area contributed by atoms with E-state index in [-0.39, 0.29) is 4.90 Å². The SMILES string of the molecule is COc1ccc2c(ccn2S(=O)(=O)c2ccc(F)cc2)c1. The number of hydrogen-bond acceptors (Lipinski definition) is 3. The Balaban J connectivity index is 2.17. The van der Waals surface area contributed by atoms with Crippen molar-refractivity contribution in [3.63, 3.8) is 0 Å². The summed E-state index contributed by atoms with van der Waals surface area (Å²) in [6.07, 6.45) is 1.47. The summed E-state index contributed by atoms with van der Waals surface area (Å²) in [5.74, 6) is 0.176. The van der Waals surface area contributed by atoms with Crippen molar-refractivity contribution in [3.8, 4) is 5.75 Å². The molecule has 0 amide bonds. The number of fused-ring (bicyclic) bond motifs is 1. The van der Waals surface area contributed by atoms with Crippen LogP contribution in [0.1, 0.15) is 0 Å². The number of aromatic nitrogens is 1. The summed E-state index contributed by atoms with van der Waals surface area (Å²) in [6.45, 7) is 0. The van der Waals surface area contributed by atoms with Crippen molar-refractivity contribution < 1.29 is 17.5 Å². The first-order valence-corrected chi connectivity index (χ1v) is 7.62. The van der Waals surface area contributed by atoms with E-state index in [0.29, 0.717) is 11.3 Å². The molecule has 0 radical (unpaired) electrons. The van der Waals surface area contributed by atoms with Gasteiger partial charge >= 0.3 is 0 Å². The molecule has 0 aliphatic carbocycles. The quantitative estimate of drug-likeness (QED) is 0.747. The van der Waals surface area contributed by atoms with E-state index in [9.17, 15) is 12.8 Å². The fourth-order valence-corrected chi connectivity index (χ4v) is 3.51. The van der Waals surface area contributed by atoms with E-state index in [1.807, 2.05) is 0 Å². The van der Waals surface area contributed by atoms with Crippen molar-refractivity contribution >= 4 is 20.9 Å². The summed E-state index contributed by atoms with van der Waals surface area (Å²) in [6, 6.07) is 11.6. The van der Waals surface area contributed by atoms with E-state index < -0.39 is 15.8 Å². The molecule has 0 aliphatic rings. The van der Waals surface area contributed by atoms with Gasteiger partial charge in [-0.3, -0.25) is 0 Å². The fraction of sp³-hybridized carbons (Fsp3) is 0.0667. The van der Waals surface area contributed by atoms with Gasteiger partial charge in [0.15, 0.2) is 0 Å². The molecule has 3 aromatic rings. The minimum atomic E-state index is -3.75. The molecule has 21 heavy (non-hydrogen) atoms. The van der Waals surface area contributed by atoms with Gasteiger partial charge in [-0.25, -0.2) is 16.8 Å². The molecule has 0 atom stereocenters. The highest BCUT2D eigenvalue weighted by molar-refractivity contribution is 7.90. The van der Waals surface area contributed by atoms with E-state index in [1.54, 1.807) is 31.4 Å². The lowest BCUT2D eigenvalue weighted by Crippen LogP contribution is -2.11. The molecule has 0 aliphatic heterocycles. The zero-order valence-electron chi connectivity index (χ0n) is 11.2. The number of methoxy groups -OCH3 is 1. The van der Waals surface area contributed by atoms with Gasteiger partial charge in [-0.2, -0.15) is 0 Å². The molecular formula is C15H12FNO3S. The molecule has 2 aromatic carbocycles. The molecular weight excluding hydrogens is 293 g/mol. The zero-order valence-corrected chi connectivity index (χ0v) is 12.0. The van der Waals surface area contributed by atoms with E-state index in [1.165, 1.54) is 22.3 Å². The Morgan fingerprint density at radius 2 is 1.76 bits per heavy atom. The molecule has 0 fully saturated rings. The summed E-state index contributed by atoms with van der Waals surface area (Å²) in [5.41, 5.74) is 0.542. The average Bonchev–Trinajstić information content (AvgIpc) is 2.91. The lowest BCUT2D eigenvalue weighted by molar-refractivity contribution is 0.415. The van der Waals surface area contributed by atoms with Crippen LogP contribution in [0.25, 0.3) is 10.9 Å². The molecule has 0 N–H and O–H groups in total. The van der Waals surface area contributed by atoms with Gasteiger partial charge in [-0.15, -0.1) is 0 Å². The Labute approximate surface area is 121 Å². The minimum Gasteiger partial charge on any atom is -0.497 e. The number of benzene rings is 2. The maximum atomic E-state index is 12.9. The molecule has 0 spiro atoms. The Morgan fingerprint density at radius 1 is 1.05 bits per heavy atom. The van der Waals surface area contributed by atoms with Gasteiger partial charge in [0.1, 0.15) is 11.6 Å². The van der Waals surface area contributed by atoms with Gasteiger partial charge in [-0.1, -0.05) is 0 Å². The number of nitrogens with zero attached hydrogens (tertiary/aromatic N) is 1. The van der Waals surface area contributed by atoms with Crippen molar-refractivity contribution in [1.29, 1.82) is 0 Å². The third kappa shape index (κ3) is 2.27. The predicted octanol–water partition coefficient (Wildman–Crippen LogP) is 3.03. The van der Waals surface area contributed by atoms with Crippen LogP contribution >= 0.6 is 0 Å². The first-order chi connectivity index (χ1) is 10.0. The summed E-state index contributed by atoms with van der Waals surface area (Å²) in [5, 5.41) is 0.750. The van der Waals surface area contributed by atoms with Crippen LogP contribution in [-0.4, -0.2) is 19.5 Å². The van der Waals surface area contributed by atoms with Gasteiger partial charge in [0.05, 0.1) is 17.5 Å². The third-order valence-corrected chi connectivity index (χ3v) is 4.94. The van der Waals surface area contributed by atoms with Crippen LogP contribution in [0, 0.1) is 5.82 Å². The predicted molar refractivity (Wildman–Crippen MR) is 77.5 cm³/mol. The monoisotopic (exact) mass is 305 g/mol. The first-order valence-electron chi connectivity index (χ1n) is 6.18. The average molecular weight is 305 g/mol. The number of rotatable bonds is 3. The van der Waals surface area contributed by atoms with E-state index in [0.717, 1.165) is 17.5 Å². The fourth-order valence-electron chi connectivity index (χ4n) is 2.15. The highest BCUT2D eigenvalue weighted by Gasteiger charge is 2.18. The molecule has 0 saturated carbocycles. The van der Waals surface area contributed by atoms with Crippen molar-refractivity contribution in [3.05, 3.63) is 60.5 Å². The van der Waals surface area contributed by atoms with E-state index in [4.69, 9.17) is 4.74 Å². The van der Waals surface area contributed by atoms with Gasteiger partial charge in [0, 0.05) is 11.6 Å². The maximum Gasteiger partial charge on any atom is 0.268 e. The van der Waals surface area contributed by atoms with Gasteiger partial charge in [-0.05, 0) is 48.5 Å². The normalized spacial score (nSPS) is 11.7. The van der Waals surface area contributed by atoms with Crippen molar-refractivity contribution in [1.82, 2.24) is 3.97 Å². The van der Waals surface area contributed by atoms with Crippen molar-refractivity contribution in [2.75, 3.05) is 7.11 Å². The smallest absolute Gasteiger partial charge is 0.268 e. The van der Waals surface area contributed by atoms with Gasteiger partial charge in [0.25, 0.3) is 10.0 Å². The van der Waals surface area contributed by atoms with Gasteiger partial charge in [0.2, 0.25) is 0 Å². The highest BCUT2D eigenvalue weighted by atomic mass is 32.2. The molecule has 108 valence electrons. The molecule has 6 heteroatoms. The Kier molecular flexibility index (Phi) is 3.17. The van der Waals surface area contributed by atoms with E-state index in [2.05, 4.69) is 0 Å². The molecule has 4 nitrogen and oxygen atoms in total. The topological polar surface area (TPSA) is 48.3 Å². The van der Waals surface area contributed by atoms with E-state index >= 15 is 0 Å². The lowest BCUT2D eigenvalue weighted by Gasteiger charge is -2.08. The first kappa shape index (κ1) is 13.6. The second-order valence-electron chi connectivity index (χ2n) is 4.50. The second-order valence-corrected chi connectivity index (χ2v) is 6.31. The van der Waals surface area contributed by atoms with Crippen LogP contribution in [0.3, 0.4) is 0 Å². The number of halogens is 1. The highest BCUT2D eigenvalue weighted by Crippen LogP contribution is 2.25. The van der Waals surface area contributed by atoms with Crippen molar-refractivity contribution in [2.24, 2.45) is 0 Å². The summed E-state index contributed by atoms with van der Waals surface area (Å²) < 4.78 is 44.4. The maximum absolute atomic E-state index is 12.9. The lowest BCUT2D eigenvalue weighted by atomic mass is 10.2. The van der Waals surface area contributed by atoms with Crippen LogP contribution in [-0.2, 0) is 10.0 Å². The molecule has 1 aromatic heterocycles. The largest absolute Gasteiger partial charge is 0.497 e. The van der Waals surface area contributed by atoms with Crippen molar-refractivity contribution in [2.45, 2.75) is 4.90 Å². The minimum absolute atomic E-state index is 0.0391. The van der Waals surface area contributed by atoms with Gasteiger partial charge < -0.3 is 4.74 Å². The number of ether oxygens (including phenoxy) is 1. The zero-order chi connectivity index (χ0) is 15.0. The Morgan fingerprint density at radius 3 is 2.43 bits per heavy atom. The molecule has 0 bridgehead atoms. The van der Waals surface area contributed by atoms with Crippen LogP contribution in [0.2, 0.25) is 0 Å². The number of hydrogen-bond donors (Lipinski definition) is 0. The standard InChI is InChI=1S/C15H12FNO3S/c1-20-13-4-7-15-11(10-13)8-9-17(15)21(18,19)14-5-2-12(16)3-6-14/h2-10H,1H3. The van der Waals surface area contributed by atoms with Crippen LogP contribution < -0.4 is 4.74 Å². The summed E-state index contributed by atoms with van der Waals surface area (Å²) in [4.78, 5) is 0.0391. The Bertz CT molecular complexity index is 898. The molecule has 0 unspecified atom stereocenters. The molecule has 0 saturated heterocycles. The molecule has 3 rings (SSSR count). The third-order valence-electron chi connectivity index (χ3n) is 3.23. The molecule has 1 heterocycles. The van der Waals surface area contributed by atoms with Crippen LogP contribution in [0.15, 0.2) is 59.6 Å². The summed E-state index contributed by atoms with van der Waals surface area (Å²) in [7, 11) is -2.20. The summed E-state index contributed by atoms with van der Waals surface area (Å²) >= 11 is 0. The van der Waals surface area contributed by atoms with Crippen LogP contribution in [0.5, 0.6) is 5.75 Å².